The number of nitrogens with zero attached hydrogens (tertiary/aromatic N) is 3. The third-order valence-corrected chi connectivity index (χ3v) is 5.00. The van der Waals surface area contributed by atoms with Crippen LogP contribution in [-0.4, -0.2) is 70.2 Å². The Morgan fingerprint density at radius 1 is 1.38 bits per heavy atom. The van der Waals surface area contributed by atoms with E-state index in [0.29, 0.717) is 31.9 Å². The van der Waals surface area contributed by atoms with Gasteiger partial charge in [0.25, 0.3) is 0 Å². The van der Waals surface area contributed by atoms with Crippen molar-refractivity contribution in [3.05, 3.63) is 16.1 Å². The van der Waals surface area contributed by atoms with Crippen molar-refractivity contribution in [2.24, 2.45) is 0 Å². The van der Waals surface area contributed by atoms with Crippen LogP contribution in [0, 0.1) is 6.92 Å². The van der Waals surface area contributed by atoms with Crippen molar-refractivity contribution in [1.82, 2.24) is 14.8 Å². The first-order chi connectivity index (χ1) is 10.0. The SMILES string of the molecule is Cc1nc(CSCC(=O)N2CCN(CC(=O)O)CC2)cs1. The van der Waals surface area contributed by atoms with Gasteiger partial charge in [-0.25, -0.2) is 4.98 Å². The van der Waals surface area contributed by atoms with Gasteiger partial charge in [-0.2, -0.15) is 0 Å². The van der Waals surface area contributed by atoms with E-state index >= 15 is 0 Å². The number of aliphatic carboxylic acids is 1. The molecule has 6 nitrogen and oxygen atoms in total. The molecule has 0 unspecified atom stereocenters. The Hall–Kier alpha value is -1.12. The van der Waals surface area contributed by atoms with E-state index in [1.165, 1.54) is 0 Å². The fraction of sp³-hybridized carbons (Fsp3) is 0.615. The monoisotopic (exact) mass is 329 g/mol. The Morgan fingerprint density at radius 2 is 2.10 bits per heavy atom. The molecule has 0 aromatic carbocycles. The summed E-state index contributed by atoms with van der Waals surface area (Å²) < 4.78 is 0. The third-order valence-electron chi connectivity index (χ3n) is 3.23. The summed E-state index contributed by atoms with van der Waals surface area (Å²) >= 11 is 3.20. The van der Waals surface area contributed by atoms with Crippen LogP contribution < -0.4 is 0 Å². The van der Waals surface area contributed by atoms with Crippen LogP contribution in [0.4, 0.5) is 0 Å². The number of thioether (sulfide) groups is 1. The molecule has 0 atom stereocenters. The summed E-state index contributed by atoms with van der Waals surface area (Å²) in [6.45, 7) is 4.52. The largest absolute Gasteiger partial charge is 0.480 e. The molecule has 2 heterocycles. The van der Waals surface area contributed by atoms with Gasteiger partial charge in [-0.15, -0.1) is 23.1 Å². The first-order valence-electron chi connectivity index (χ1n) is 6.75. The van der Waals surface area contributed by atoms with Gasteiger partial charge in [0.15, 0.2) is 0 Å². The van der Waals surface area contributed by atoms with Crippen LogP contribution in [0.1, 0.15) is 10.7 Å². The van der Waals surface area contributed by atoms with Crippen LogP contribution in [0.5, 0.6) is 0 Å². The second-order valence-electron chi connectivity index (χ2n) is 4.90. The molecule has 1 aromatic heterocycles. The Morgan fingerprint density at radius 3 is 2.67 bits per heavy atom. The Kier molecular flexibility index (Phi) is 6.01. The highest BCUT2D eigenvalue weighted by molar-refractivity contribution is 7.99. The molecule has 8 heteroatoms. The van der Waals surface area contributed by atoms with Crippen molar-refractivity contribution in [1.29, 1.82) is 0 Å². The molecule has 0 saturated carbocycles. The predicted octanol–water partition coefficient (Wildman–Crippen LogP) is 0.914. The summed E-state index contributed by atoms with van der Waals surface area (Å²) in [6, 6.07) is 0. The summed E-state index contributed by atoms with van der Waals surface area (Å²) in [5.41, 5.74) is 1.03. The number of hydrogen-bond donors (Lipinski definition) is 1. The number of aromatic nitrogens is 1. The van der Waals surface area contributed by atoms with Crippen LogP contribution in [0.3, 0.4) is 0 Å². The summed E-state index contributed by atoms with van der Waals surface area (Å²) in [6.07, 6.45) is 0. The van der Waals surface area contributed by atoms with Gasteiger partial charge < -0.3 is 10.0 Å². The van der Waals surface area contributed by atoms with E-state index < -0.39 is 5.97 Å². The minimum atomic E-state index is -0.816. The van der Waals surface area contributed by atoms with E-state index in [9.17, 15) is 9.59 Å². The number of carboxylic acids is 1. The number of carboxylic acid groups (broad SMARTS) is 1. The number of rotatable bonds is 6. The predicted molar refractivity (Wildman–Crippen MR) is 83.7 cm³/mol. The summed E-state index contributed by atoms with van der Waals surface area (Å²) in [5, 5.41) is 11.8. The normalized spacial score (nSPS) is 16.1. The van der Waals surface area contributed by atoms with Gasteiger partial charge in [-0.05, 0) is 6.92 Å². The van der Waals surface area contributed by atoms with Crippen LogP contribution in [0.25, 0.3) is 0 Å². The highest BCUT2D eigenvalue weighted by Gasteiger charge is 2.21. The number of amides is 1. The smallest absolute Gasteiger partial charge is 0.317 e. The highest BCUT2D eigenvalue weighted by Crippen LogP contribution is 2.16. The fourth-order valence-corrected chi connectivity index (χ4v) is 3.69. The van der Waals surface area contributed by atoms with Gasteiger partial charge in [0.2, 0.25) is 5.91 Å². The van der Waals surface area contributed by atoms with E-state index in [0.717, 1.165) is 16.5 Å². The quantitative estimate of drug-likeness (QED) is 0.836. The van der Waals surface area contributed by atoms with Gasteiger partial charge >= 0.3 is 5.97 Å². The lowest BCUT2D eigenvalue weighted by molar-refractivity contribution is -0.139. The molecule has 1 aliphatic heterocycles. The molecule has 21 heavy (non-hydrogen) atoms. The zero-order valence-electron chi connectivity index (χ0n) is 11.9. The third kappa shape index (κ3) is 5.29. The number of thiazole rings is 1. The molecule has 0 bridgehead atoms. The second kappa shape index (κ2) is 7.77. The van der Waals surface area contributed by atoms with Crippen molar-refractivity contribution in [3.8, 4) is 0 Å². The minimum absolute atomic E-state index is 0.0555. The zero-order valence-corrected chi connectivity index (χ0v) is 13.6. The van der Waals surface area contributed by atoms with Crippen LogP contribution in [-0.2, 0) is 15.3 Å². The molecule has 0 radical (unpaired) electrons. The van der Waals surface area contributed by atoms with E-state index in [4.69, 9.17) is 5.11 Å². The lowest BCUT2D eigenvalue weighted by atomic mass is 10.3. The second-order valence-corrected chi connectivity index (χ2v) is 6.95. The maximum Gasteiger partial charge on any atom is 0.317 e. The maximum atomic E-state index is 12.1. The van der Waals surface area contributed by atoms with Crippen LogP contribution in [0.2, 0.25) is 0 Å². The first-order valence-corrected chi connectivity index (χ1v) is 8.78. The number of piperazine rings is 1. The summed E-state index contributed by atoms with van der Waals surface area (Å²) in [7, 11) is 0. The maximum absolute atomic E-state index is 12.1. The molecule has 1 aromatic rings. The van der Waals surface area contributed by atoms with Gasteiger partial charge in [-0.1, -0.05) is 0 Å². The Balaban J connectivity index is 1.66. The van der Waals surface area contributed by atoms with Crippen LogP contribution >= 0.6 is 23.1 Å². The Labute approximate surface area is 132 Å². The molecule has 0 spiro atoms. The number of hydrogen-bond acceptors (Lipinski definition) is 6. The fourth-order valence-electron chi connectivity index (χ4n) is 2.16. The summed E-state index contributed by atoms with van der Waals surface area (Å²) in [5.74, 6) is 0.524. The van der Waals surface area contributed by atoms with E-state index in [1.54, 1.807) is 23.1 Å². The zero-order chi connectivity index (χ0) is 15.2. The molecule has 1 amide bonds. The first kappa shape index (κ1) is 16.3. The lowest BCUT2D eigenvalue weighted by Crippen LogP contribution is -2.50. The van der Waals surface area contributed by atoms with Crippen LogP contribution in [0.15, 0.2) is 5.38 Å². The van der Waals surface area contributed by atoms with Crippen molar-refractivity contribution >= 4 is 35.0 Å². The number of aryl methyl sites for hydroxylation is 1. The van der Waals surface area contributed by atoms with Crippen molar-refractivity contribution in [2.75, 3.05) is 38.5 Å². The molecule has 116 valence electrons. The molecule has 1 aliphatic rings. The average Bonchev–Trinajstić information content (AvgIpc) is 2.84. The van der Waals surface area contributed by atoms with Crippen molar-refractivity contribution in [2.45, 2.75) is 12.7 Å². The molecular weight excluding hydrogens is 310 g/mol. The van der Waals surface area contributed by atoms with Gasteiger partial charge in [0, 0.05) is 37.3 Å². The molecule has 1 saturated heterocycles. The lowest BCUT2D eigenvalue weighted by Gasteiger charge is -2.33. The van der Waals surface area contributed by atoms with Gasteiger partial charge in [0.05, 0.1) is 23.0 Å². The standard InChI is InChI=1S/C13H19N3O3S2/c1-10-14-11(8-21-10)7-20-9-12(17)16-4-2-15(3-5-16)6-13(18)19/h8H,2-7,9H2,1H3,(H,18,19). The number of carbonyl (C=O) groups is 2. The molecule has 1 fully saturated rings. The van der Waals surface area contributed by atoms with Gasteiger partial charge in [0.1, 0.15) is 0 Å². The average molecular weight is 329 g/mol. The van der Waals surface area contributed by atoms with E-state index in [-0.39, 0.29) is 12.5 Å². The molecule has 2 rings (SSSR count). The van der Waals surface area contributed by atoms with E-state index in [2.05, 4.69) is 4.98 Å². The van der Waals surface area contributed by atoms with Crippen molar-refractivity contribution in [3.63, 3.8) is 0 Å². The Bertz CT molecular complexity index is 499. The number of carbonyl (C=O) groups excluding carboxylic acids is 1. The highest BCUT2D eigenvalue weighted by atomic mass is 32.2. The van der Waals surface area contributed by atoms with Crippen molar-refractivity contribution < 1.29 is 14.7 Å². The minimum Gasteiger partial charge on any atom is -0.480 e. The molecule has 0 aliphatic carbocycles. The summed E-state index contributed by atoms with van der Waals surface area (Å²) in [4.78, 5) is 30.7. The van der Waals surface area contributed by atoms with Gasteiger partial charge in [-0.3, -0.25) is 14.5 Å². The molecule has 1 N–H and O–H groups in total. The molecular formula is C13H19N3O3S2. The topological polar surface area (TPSA) is 73.7 Å². The van der Waals surface area contributed by atoms with E-state index in [1.807, 2.05) is 22.1 Å².